The molecular formula is C16H24O2. The van der Waals surface area contributed by atoms with E-state index in [1.807, 2.05) is 24.3 Å². The second-order valence-corrected chi connectivity index (χ2v) is 5.08. The van der Waals surface area contributed by atoms with Crippen LogP contribution in [0.1, 0.15) is 56.8 Å². The molecule has 0 unspecified atom stereocenters. The van der Waals surface area contributed by atoms with Crippen molar-refractivity contribution in [2.24, 2.45) is 5.92 Å². The lowest BCUT2D eigenvalue weighted by atomic mass is 10.0. The van der Waals surface area contributed by atoms with E-state index in [4.69, 9.17) is 4.74 Å². The Hall–Kier alpha value is -1.31. The van der Waals surface area contributed by atoms with Gasteiger partial charge >= 0.3 is 0 Å². The lowest BCUT2D eigenvalue weighted by Gasteiger charge is -2.07. The van der Waals surface area contributed by atoms with Crippen molar-refractivity contribution in [1.29, 1.82) is 0 Å². The Morgan fingerprint density at radius 2 is 1.89 bits per heavy atom. The van der Waals surface area contributed by atoms with Crippen LogP contribution in [0.5, 0.6) is 5.75 Å². The van der Waals surface area contributed by atoms with Gasteiger partial charge in [0.1, 0.15) is 5.75 Å². The minimum Gasteiger partial charge on any atom is -0.494 e. The van der Waals surface area contributed by atoms with E-state index < -0.39 is 0 Å². The molecule has 1 aromatic rings. The maximum Gasteiger partial charge on any atom is 0.162 e. The molecule has 0 bridgehead atoms. The zero-order valence-corrected chi connectivity index (χ0v) is 11.7. The van der Waals surface area contributed by atoms with Crippen molar-refractivity contribution in [1.82, 2.24) is 0 Å². The number of carbonyl (C=O) groups excluding carboxylic acids is 1. The predicted molar refractivity (Wildman–Crippen MR) is 75.2 cm³/mol. The summed E-state index contributed by atoms with van der Waals surface area (Å²) < 4.78 is 5.57. The highest BCUT2D eigenvalue weighted by atomic mass is 16.5. The van der Waals surface area contributed by atoms with Crippen molar-refractivity contribution >= 4 is 5.78 Å². The smallest absolute Gasteiger partial charge is 0.162 e. The van der Waals surface area contributed by atoms with Gasteiger partial charge in [0.25, 0.3) is 0 Å². The highest BCUT2D eigenvalue weighted by Crippen LogP contribution is 2.15. The van der Waals surface area contributed by atoms with Gasteiger partial charge in [-0.3, -0.25) is 4.79 Å². The number of ketones is 1. The van der Waals surface area contributed by atoms with Gasteiger partial charge in [-0.2, -0.15) is 0 Å². The van der Waals surface area contributed by atoms with Crippen molar-refractivity contribution in [3.8, 4) is 5.75 Å². The van der Waals surface area contributed by atoms with Crippen LogP contribution in [0.2, 0.25) is 0 Å². The van der Waals surface area contributed by atoms with Gasteiger partial charge in [0.15, 0.2) is 5.78 Å². The number of carbonyl (C=O) groups is 1. The Balaban J connectivity index is 2.46. The number of hydrogen-bond donors (Lipinski definition) is 0. The van der Waals surface area contributed by atoms with Crippen LogP contribution in [0.25, 0.3) is 0 Å². The van der Waals surface area contributed by atoms with Crippen molar-refractivity contribution in [2.45, 2.75) is 46.5 Å². The van der Waals surface area contributed by atoms with Crippen LogP contribution in [0.3, 0.4) is 0 Å². The molecule has 0 fully saturated rings. The van der Waals surface area contributed by atoms with E-state index in [0.29, 0.717) is 12.3 Å². The summed E-state index contributed by atoms with van der Waals surface area (Å²) in [6.45, 7) is 7.16. The molecule has 1 aromatic carbocycles. The highest BCUT2D eigenvalue weighted by molar-refractivity contribution is 5.96. The van der Waals surface area contributed by atoms with E-state index in [1.165, 1.54) is 0 Å². The van der Waals surface area contributed by atoms with Crippen molar-refractivity contribution in [3.05, 3.63) is 29.8 Å². The number of Topliss-reactive ketones (excluding diaryl/α,β-unsaturated/α-hetero) is 1. The number of hydrogen-bond acceptors (Lipinski definition) is 2. The molecule has 0 saturated heterocycles. The molecular weight excluding hydrogens is 224 g/mol. The molecule has 0 atom stereocenters. The number of unbranched alkanes of at least 4 members (excludes halogenated alkanes) is 1. The SMILES string of the molecule is CCCCOc1ccc(C(=O)CCC(C)C)cc1. The van der Waals surface area contributed by atoms with Gasteiger partial charge < -0.3 is 4.74 Å². The third-order valence-corrected chi connectivity index (χ3v) is 2.89. The Morgan fingerprint density at radius 3 is 2.44 bits per heavy atom. The second-order valence-electron chi connectivity index (χ2n) is 5.08. The summed E-state index contributed by atoms with van der Waals surface area (Å²) in [6, 6.07) is 7.50. The van der Waals surface area contributed by atoms with Crippen LogP contribution >= 0.6 is 0 Å². The standard InChI is InChI=1S/C16H24O2/c1-4-5-12-18-15-9-7-14(8-10-15)16(17)11-6-13(2)3/h7-10,13H,4-6,11-12H2,1-3H3. The van der Waals surface area contributed by atoms with Crippen LogP contribution in [-0.2, 0) is 0 Å². The fourth-order valence-corrected chi connectivity index (χ4v) is 1.64. The van der Waals surface area contributed by atoms with Gasteiger partial charge in [0.05, 0.1) is 6.61 Å². The first-order valence-corrected chi connectivity index (χ1v) is 6.89. The summed E-state index contributed by atoms with van der Waals surface area (Å²) in [4.78, 5) is 11.9. The number of benzene rings is 1. The Bertz CT molecular complexity index is 352. The Labute approximate surface area is 110 Å². The molecule has 18 heavy (non-hydrogen) atoms. The molecule has 0 aromatic heterocycles. The second kappa shape index (κ2) is 7.91. The van der Waals surface area contributed by atoms with Crippen LogP contribution in [0.15, 0.2) is 24.3 Å². The number of ether oxygens (including phenoxy) is 1. The van der Waals surface area contributed by atoms with Crippen LogP contribution in [-0.4, -0.2) is 12.4 Å². The first kappa shape index (κ1) is 14.7. The molecule has 2 heteroatoms. The normalized spacial score (nSPS) is 10.7. The highest BCUT2D eigenvalue weighted by Gasteiger charge is 2.07. The summed E-state index contributed by atoms with van der Waals surface area (Å²) in [5.41, 5.74) is 0.790. The molecule has 1 rings (SSSR count). The number of rotatable bonds is 8. The Morgan fingerprint density at radius 1 is 1.22 bits per heavy atom. The Kier molecular flexibility index (Phi) is 6.48. The fourth-order valence-electron chi connectivity index (χ4n) is 1.64. The molecule has 2 nitrogen and oxygen atoms in total. The summed E-state index contributed by atoms with van der Waals surface area (Å²) in [6.07, 6.45) is 3.78. The zero-order valence-electron chi connectivity index (χ0n) is 11.7. The third-order valence-electron chi connectivity index (χ3n) is 2.89. The quantitative estimate of drug-likeness (QED) is 0.500. The van der Waals surface area contributed by atoms with Gasteiger partial charge in [-0.1, -0.05) is 27.2 Å². The third kappa shape index (κ3) is 5.35. The molecule has 0 spiro atoms. The summed E-state index contributed by atoms with van der Waals surface area (Å²) in [5, 5.41) is 0. The van der Waals surface area contributed by atoms with Gasteiger partial charge in [-0.05, 0) is 43.0 Å². The minimum absolute atomic E-state index is 0.226. The van der Waals surface area contributed by atoms with Gasteiger partial charge in [0.2, 0.25) is 0 Å². The monoisotopic (exact) mass is 248 g/mol. The first-order valence-electron chi connectivity index (χ1n) is 6.89. The average molecular weight is 248 g/mol. The maximum atomic E-state index is 11.9. The fraction of sp³-hybridized carbons (Fsp3) is 0.562. The first-order chi connectivity index (χ1) is 8.63. The molecule has 0 aliphatic heterocycles. The van der Waals surface area contributed by atoms with Crippen LogP contribution in [0, 0.1) is 5.92 Å². The lowest BCUT2D eigenvalue weighted by molar-refractivity contribution is 0.0975. The van der Waals surface area contributed by atoms with Crippen molar-refractivity contribution < 1.29 is 9.53 Å². The molecule has 0 amide bonds. The molecule has 0 radical (unpaired) electrons. The summed E-state index contributed by atoms with van der Waals surface area (Å²) in [7, 11) is 0. The molecule has 0 saturated carbocycles. The molecule has 100 valence electrons. The van der Waals surface area contributed by atoms with E-state index in [1.54, 1.807) is 0 Å². The maximum absolute atomic E-state index is 11.9. The van der Waals surface area contributed by atoms with E-state index in [0.717, 1.165) is 37.2 Å². The molecule has 0 N–H and O–H groups in total. The zero-order chi connectivity index (χ0) is 13.4. The molecule has 0 aliphatic carbocycles. The minimum atomic E-state index is 0.226. The molecule has 0 heterocycles. The van der Waals surface area contributed by atoms with Crippen molar-refractivity contribution in [2.75, 3.05) is 6.61 Å². The van der Waals surface area contributed by atoms with Crippen molar-refractivity contribution in [3.63, 3.8) is 0 Å². The van der Waals surface area contributed by atoms with E-state index in [-0.39, 0.29) is 5.78 Å². The van der Waals surface area contributed by atoms with Crippen LogP contribution < -0.4 is 4.74 Å². The van der Waals surface area contributed by atoms with E-state index in [2.05, 4.69) is 20.8 Å². The topological polar surface area (TPSA) is 26.3 Å². The van der Waals surface area contributed by atoms with E-state index in [9.17, 15) is 4.79 Å². The predicted octanol–water partition coefficient (Wildman–Crippen LogP) is 4.48. The lowest BCUT2D eigenvalue weighted by Crippen LogP contribution is -2.02. The molecule has 0 aliphatic rings. The van der Waals surface area contributed by atoms with Gasteiger partial charge in [-0.25, -0.2) is 0 Å². The summed E-state index contributed by atoms with van der Waals surface area (Å²) >= 11 is 0. The largest absolute Gasteiger partial charge is 0.494 e. The van der Waals surface area contributed by atoms with Gasteiger partial charge in [-0.15, -0.1) is 0 Å². The van der Waals surface area contributed by atoms with Crippen LogP contribution in [0.4, 0.5) is 0 Å². The summed E-state index contributed by atoms with van der Waals surface area (Å²) in [5.74, 6) is 1.65. The van der Waals surface area contributed by atoms with Gasteiger partial charge in [0, 0.05) is 12.0 Å². The van der Waals surface area contributed by atoms with E-state index >= 15 is 0 Å². The average Bonchev–Trinajstić information content (AvgIpc) is 2.37.